The van der Waals surface area contributed by atoms with E-state index in [1.165, 1.54) is 4.90 Å². The van der Waals surface area contributed by atoms with E-state index in [1.807, 2.05) is 0 Å². The molecule has 0 spiro atoms. The fourth-order valence-electron chi connectivity index (χ4n) is 3.05. The van der Waals surface area contributed by atoms with Crippen LogP contribution < -0.4 is 4.90 Å². The van der Waals surface area contributed by atoms with E-state index in [-0.39, 0.29) is 30.7 Å². The number of esters is 1. The molecule has 0 atom stereocenters. The van der Waals surface area contributed by atoms with Gasteiger partial charge in [0.05, 0.1) is 0 Å². The molecule has 2 aliphatic heterocycles. The molecule has 7 nitrogen and oxygen atoms in total. The number of carbonyl (C=O) groups is 4. The summed E-state index contributed by atoms with van der Waals surface area (Å²) in [6, 6.07) is 6.70. The summed E-state index contributed by atoms with van der Waals surface area (Å²) >= 11 is 0. The fourth-order valence-corrected chi connectivity index (χ4v) is 3.05. The lowest BCUT2D eigenvalue weighted by molar-refractivity contribution is -0.147. The summed E-state index contributed by atoms with van der Waals surface area (Å²) in [5.41, 5.74) is 1.18. The highest BCUT2D eigenvalue weighted by Crippen LogP contribution is 2.21. The van der Waals surface area contributed by atoms with Crippen LogP contribution in [0.2, 0.25) is 0 Å². The van der Waals surface area contributed by atoms with Crippen LogP contribution in [-0.4, -0.2) is 54.7 Å². The summed E-state index contributed by atoms with van der Waals surface area (Å²) in [5.74, 6) is -0.872. The van der Waals surface area contributed by atoms with Crippen LogP contribution in [0.5, 0.6) is 0 Å². The molecular weight excluding hydrogens is 324 g/mol. The van der Waals surface area contributed by atoms with Gasteiger partial charge in [-0.15, -0.1) is 0 Å². The summed E-state index contributed by atoms with van der Waals surface area (Å²) in [6.07, 6.45) is 2.60. The monoisotopic (exact) mass is 344 g/mol. The normalized spacial score (nSPS) is 17.3. The van der Waals surface area contributed by atoms with E-state index in [2.05, 4.69) is 0 Å². The molecule has 0 radical (unpaired) electrons. The van der Waals surface area contributed by atoms with Gasteiger partial charge in [-0.3, -0.25) is 19.2 Å². The van der Waals surface area contributed by atoms with Gasteiger partial charge in [0.15, 0.2) is 12.4 Å². The number of carbonyl (C=O) groups excluding carboxylic acids is 4. The molecule has 0 aliphatic carbocycles. The van der Waals surface area contributed by atoms with Crippen molar-refractivity contribution in [2.24, 2.45) is 0 Å². The van der Waals surface area contributed by atoms with Gasteiger partial charge in [0, 0.05) is 37.2 Å². The van der Waals surface area contributed by atoms with E-state index >= 15 is 0 Å². The summed E-state index contributed by atoms with van der Waals surface area (Å²) in [7, 11) is 0. The van der Waals surface area contributed by atoms with Crippen molar-refractivity contribution >= 4 is 29.3 Å². The average molecular weight is 344 g/mol. The second kappa shape index (κ2) is 7.46. The van der Waals surface area contributed by atoms with Crippen molar-refractivity contribution in [2.75, 3.05) is 31.1 Å². The molecule has 1 aromatic carbocycles. The SMILES string of the molecule is O=C(CN1CCCC1=O)OCC(=O)c1ccc(N2CCCC2=O)cc1. The lowest BCUT2D eigenvalue weighted by atomic mass is 10.1. The zero-order valence-electron chi connectivity index (χ0n) is 13.9. The molecule has 2 heterocycles. The van der Waals surface area contributed by atoms with Crippen LogP contribution in [-0.2, 0) is 19.1 Å². The molecular formula is C18H20N2O5. The number of ether oxygens (including phenoxy) is 1. The number of nitrogens with zero attached hydrogens (tertiary/aromatic N) is 2. The third kappa shape index (κ3) is 4.04. The molecule has 2 fully saturated rings. The lowest BCUT2D eigenvalue weighted by Crippen LogP contribution is -2.32. The number of rotatable bonds is 6. The molecule has 7 heteroatoms. The van der Waals surface area contributed by atoms with Crippen molar-refractivity contribution in [1.82, 2.24) is 4.90 Å². The Bertz CT molecular complexity index is 698. The molecule has 25 heavy (non-hydrogen) atoms. The van der Waals surface area contributed by atoms with Crippen molar-refractivity contribution in [3.8, 4) is 0 Å². The van der Waals surface area contributed by atoms with E-state index < -0.39 is 5.97 Å². The summed E-state index contributed by atoms with van der Waals surface area (Å²) in [5, 5.41) is 0. The van der Waals surface area contributed by atoms with Crippen molar-refractivity contribution < 1.29 is 23.9 Å². The molecule has 3 rings (SSSR count). The van der Waals surface area contributed by atoms with Gasteiger partial charge in [0.1, 0.15) is 6.54 Å². The number of hydrogen-bond acceptors (Lipinski definition) is 5. The predicted molar refractivity (Wildman–Crippen MR) is 89.1 cm³/mol. The first-order chi connectivity index (χ1) is 12.0. The van der Waals surface area contributed by atoms with Crippen LogP contribution in [0.1, 0.15) is 36.0 Å². The Hall–Kier alpha value is -2.70. The second-order valence-electron chi connectivity index (χ2n) is 6.20. The number of hydrogen-bond donors (Lipinski definition) is 0. The number of benzene rings is 1. The quantitative estimate of drug-likeness (QED) is 0.571. The first-order valence-corrected chi connectivity index (χ1v) is 8.41. The maximum atomic E-state index is 12.1. The van der Waals surface area contributed by atoms with Crippen molar-refractivity contribution in [3.05, 3.63) is 29.8 Å². The Morgan fingerprint density at radius 1 is 0.960 bits per heavy atom. The number of ketones is 1. The Kier molecular flexibility index (Phi) is 5.11. The van der Waals surface area contributed by atoms with Crippen LogP contribution in [0.4, 0.5) is 5.69 Å². The van der Waals surface area contributed by atoms with Crippen molar-refractivity contribution in [3.63, 3.8) is 0 Å². The van der Waals surface area contributed by atoms with Gasteiger partial charge in [-0.25, -0.2) is 0 Å². The average Bonchev–Trinajstić information content (AvgIpc) is 3.21. The van der Waals surface area contributed by atoms with Gasteiger partial charge in [-0.05, 0) is 37.1 Å². The maximum Gasteiger partial charge on any atom is 0.326 e. The molecule has 0 unspecified atom stereocenters. The minimum absolute atomic E-state index is 0.0599. The first-order valence-electron chi connectivity index (χ1n) is 8.41. The maximum absolute atomic E-state index is 12.1. The Labute approximate surface area is 145 Å². The third-order valence-electron chi connectivity index (χ3n) is 4.43. The zero-order chi connectivity index (χ0) is 17.8. The Morgan fingerprint density at radius 2 is 1.64 bits per heavy atom. The van der Waals surface area contributed by atoms with Gasteiger partial charge in [0.2, 0.25) is 11.8 Å². The van der Waals surface area contributed by atoms with Gasteiger partial charge < -0.3 is 14.5 Å². The van der Waals surface area contributed by atoms with E-state index in [4.69, 9.17) is 4.74 Å². The largest absolute Gasteiger partial charge is 0.456 e. The third-order valence-corrected chi connectivity index (χ3v) is 4.43. The van der Waals surface area contributed by atoms with Gasteiger partial charge in [-0.2, -0.15) is 0 Å². The summed E-state index contributed by atoms with van der Waals surface area (Å²) < 4.78 is 4.97. The lowest BCUT2D eigenvalue weighted by Gasteiger charge is -2.16. The number of likely N-dealkylation sites (tertiary alicyclic amines) is 1. The molecule has 2 saturated heterocycles. The zero-order valence-corrected chi connectivity index (χ0v) is 13.9. The Balaban J connectivity index is 1.50. The van der Waals surface area contributed by atoms with Crippen LogP contribution in [0.15, 0.2) is 24.3 Å². The van der Waals surface area contributed by atoms with Gasteiger partial charge in [0.25, 0.3) is 0 Å². The highest BCUT2D eigenvalue weighted by molar-refractivity contribution is 5.99. The highest BCUT2D eigenvalue weighted by atomic mass is 16.5. The molecule has 0 N–H and O–H groups in total. The van der Waals surface area contributed by atoms with Crippen LogP contribution in [0, 0.1) is 0 Å². The molecule has 1 aromatic rings. The molecule has 0 bridgehead atoms. The van der Waals surface area contributed by atoms with Gasteiger partial charge >= 0.3 is 5.97 Å². The van der Waals surface area contributed by atoms with Crippen molar-refractivity contribution in [2.45, 2.75) is 25.7 Å². The molecule has 0 saturated carbocycles. The van der Waals surface area contributed by atoms with Gasteiger partial charge in [-0.1, -0.05) is 0 Å². The van der Waals surface area contributed by atoms with E-state index in [0.717, 1.165) is 18.5 Å². The highest BCUT2D eigenvalue weighted by Gasteiger charge is 2.24. The van der Waals surface area contributed by atoms with E-state index in [9.17, 15) is 19.2 Å². The van der Waals surface area contributed by atoms with E-state index in [1.54, 1.807) is 29.2 Å². The van der Waals surface area contributed by atoms with Crippen molar-refractivity contribution in [1.29, 1.82) is 0 Å². The second-order valence-corrected chi connectivity index (χ2v) is 6.20. The standard InChI is InChI=1S/C18H20N2O5/c21-15(12-25-18(24)11-19-9-1-3-16(19)22)13-5-7-14(8-6-13)20-10-2-4-17(20)23/h5-8H,1-4,9-12H2. The minimum atomic E-state index is -0.581. The van der Waals surface area contributed by atoms with Crippen LogP contribution >= 0.6 is 0 Å². The van der Waals surface area contributed by atoms with E-state index in [0.29, 0.717) is 31.5 Å². The number of Topliss-reactive ketones (excluding diaryl/α,β-unsaturated/α-hetero) is 1. The Morgan fingerprint density at radius 3 is 2.24 bits per heavy atom. The first kappa shape index (κ1) is 17.1. The smallest absolute Gasteiger partial charge is 0.326 e. The summed E-state index contributed by atoms with van der Waals surface area (Å²) in [4.78, 5) is 50.1. The minimum Gasteiger partial charge on any atom is -0.456 e. The molecule has 2 amide bonds. The molecule has 0 aromatic heterocycles. The molecule has 2 aliphatic rings. The fraction of sp³-hybridized carbons (Fsp3) is 0.444. The number of amides is 2. The molecule has 132 valence electrons. The number of anilines is 1. The topological polar surface area (TPSA) is 84.0 Å². The predicted octanol–water partition coefficient (Wildman–Crippen LogP) is 1.16. The van der Waals surface area contributed by atoms with Crippen LogP contribution in [0.25, 0.3) is 0 Å². The van der Waals surface area contributed by atoms with Crippen LogP contribution in [0.3, 0.4) is 0 Å². The summed E-state index contributed by atoms with van der Waals surface area (Å²) in [6.45, 7) is 0.780.